The van der Waals surface area contributed by atoms with E-state index in [1.807, 2.05) is 0 Å². The van der Waals surface area contributed by atoms with E-state index in [0.29, 0.717) is 11.4 Å². The number of aliphatic hydroxyl groups is 2. The molecular formula is C11H17BN2O5. The zero-order valence-corrected chi connectivity index (χ0v) is 10.5. The lowest BCUT2D eigenvalue weighted by molar-refractivity contribution is -0.114. The van der Waals surface area contributed by atoms with Crippen molar-refractivity contribution in [2.24, 2.45) is 0 Å². The van der Waals surface area contributed by atoms with Crippen molar-refractivity contribution < 1.29 is 25.1 Å². The SMILES string of the molecule is CC(=O)Nc1ccc(NCC(O)CO)c(B(O)O)c1. The number of aliphatic hydroxyl groups excluding tert-OH is 2. The van der Waals surface area contributed by atoms with E-state index in [1.165, 1.54) is 13.0 Å². The highest BCUT2D eigenvalue weighted by molar-refractivity contribution is 6.60. The minimum Gasteiger partial charge on any atom is -0.423 e. The lowest BCUT2D eigenvalue weighted by Gasteiger charge is -2.15. The first-order valence-electron chi connectivity index (χ1n) is 5.74. The number of benzene rings is 1. The first-order valence-corrected chi connectivity index (χ1v) is 5.74. The summed E-state index contributed by atoms with van der Waals surface area (Å²) in [5.74, 6) is -0.269. The molecule has 0 aliphatic carbocycles. The molecule has 104 valence electrons. The van der Waals surface area contributed by atoms with E-state index in [4.69, 9.17) is 5.11 Å². The van der Waals surface area contributed by atoms with E-state index in [0.717, 1.165) is 0 Å². The average molecular weight is 268 g/mol. The van der Waals surface area contributed by atoms with Crippen LogP contribution in [0.25, 0.3) is 0 Å². The van der Waals surface area contributed by atoms with Gasteiger partial charge in [0.05, 0.1) is 12.7 Å². The van der Waals surface area contributed by atoms with Crippen LogP contribution in [0.4, 0.5) is 11.4 Å². The molecule has 1 unspecified atom stereocenters. The molecule has 0 aromatic heterocycles. The highest BCUT2D eigenvalue weighted by Gasteiger charge is 2.17. The van der Waals surface area contributed by atoms with Crippen LogP contribution in [0.15, 0.2) is 18.2 Å². The van der Waals surface area contributed by atoms with Crippen LogP contribution in [0, 0.1) is 0 Å². The van der Waals surface area contributed by atoms with Crippen LogP contribution in [0.3, 0.4) is 0 Å². The third kappa shape index (κ3) is 4.88. The molecule has 0 bridgehead atoms. The van der Waals surface area contributed by atoms with Gasteiger partial charge in [-0.15, -0.1) is 0 Å². The Balaban J connectivity index is 2.88. The Morgan fingerprint density at radius 2 is 2.11 bits per heavy atom. The van der Waals surface area contributed by atoms with E-state index >= 15 is 0 Å². The predicted octanol–water partition coefficient (Wildman–Crippen LogP) is -1.91. The molecule has 0 saturated carbocycles. The molecular weight excluding hydrogens is 251 g/mol. The van der Waals surface area contributed by atoms with Gasteiger partial charge in [0.25, 0.3) is 0 Å². The third-order valence-corrected chi connectivity index (χ3v) is 2.39. The number of rotatable bonds is 6. The second-order valence-electron chi connectivity index (χ2n) is 4.07. The van der Waals surface area contributed by atoms with Crippen molar-refractivity contribution >= 4 is 29.9 Å². The fraction of sp³-hybridized carbons (Fsp3) is 0.364. The second kappa shape index (κ2) is 7.10. The molecule has 7 nitrogen and oxygen atoms in total. The van der Waals surface area contributed by atoms with Crippen molar-refractivity contribution in [1.82, 2.24) is 0 Å². The molecule has 1 aromatic rings. The normalized spacial score (nSPS) is 11.8. The molecule has 1 aromatic carbocycles. The van der Waals surface area contributed by atoms with Gasteiger partial charge >= 0.3 is 7.12 Å². The topological polar surface area (TPSA) is 122 Å². The van der Waals surface area contributed by atoms with Gasteiger partial charge in [0.15, 0.2) is 0 Å². The summed E-state index contributed by atoms with van der Waals surface area (Å²) in [5.41, 5.74) is 0.997. The van der Waals surface area contributed by atoms with E-state index in [1.54, 1.807) is 12.1 Å². The monoisotopic (exact) mass is 268 g/mol. The van der Waals surface area contributed by atoms with Gasteiger partial charge in [-0.2, -0.15) is 0 Å². The minimum absolute atomic E-state index is 0.0652. The predicted molar refractivity (Wildman–Crippen MR) is 72.2 cm³/mol. The lowest BCUT2D eigenvalue weighted by Crippen LogP contribution is -2.34. The van der Waals surface area contributed by atoms with Gasteiger partial charge in [0.2, 0.25) is 5.91 Å². The molecule has 0 saturated heterocycles. The van der Waals surface area contributed by atoms with Crippen molar-refractivity contribution in [3.05, 3.63) is 18.2 Å². The number of nitrogens with one attached hydrogen (secondary N) is 2. The summed E-state index contributed by atoms with van der Waals surface area (Å²) in [5, 5.41) is 41.8. The lowest BCUT2D eigenvalue weighted by atomic mass is 9.78. The van der Waals surface area contributed by atoms with Crippen LogP contribution < -0.4 is 16.1 Å². The van der Waals surface area contributed by atoms with E-state index in [-0.39, 0.29) is 17.9 Å². The van der Waals surface area contributed by atoms with Crippen molar-refractivity contribution in [2.45, 2.75) is 13.0 Å². The van der Waals surface area contributed by atoms with Crippen LogP contribution in [-0.4, -0.2) is 52.5 Å². The molecule has 0 spiro atoms. The zero-order chi connectivity index (χ0) is 14.4. The minimum atomic E-state index is -1.72. The van der Waals surface area contributed by atoms with Gasteiger partial charge in [0, 0.05) is 30.3 Å². The summed E-state index contributed by atoms with van der Waals surface area (Å²) >= 11 is 0. The maximum atomic E-state index is 10.9. The van der Waals surface area contributed by atoms with Crippen molar-refractivity contribution in [1.29, 1.82) is 0 Å². The Morgan fingerprint density at radius 1 is 1.42 bits per heavy atom. The summed E-state index contributed by atoms with van der Waals surface area (Å²) in [7, 11) is -1.72. The number of amides is 1. The molecule has 0 aliphatic heterocycles. The quantitative estimate of drug-likeness (QED) is 0.335. The van der Waals surface area contributed by atoms with Gasteiger partial charge in [-0.1, -0.05) is 0 Å². The summed E-state index contributed by atoms with van der Waals surface area (Å²) in [6.07, 6.45) is -0.946. The zero-order valence-electron chi connectivity index (χ0n) is 10.5. The van der Waals surface area contributed by atoms with Crippen molar-refractivity contribution in [3.63, 3.8) is 0 Å². The Kier molecular flexibility index (Phi) is 5.77. The molecule has 1 atom stereocenters. The highest BCUT2D eigenvalue weighted by atomic mass is 16.4. The molecule has 0 heterocycles. The van der Waals surface area contributed by atoms with Gasteiger partial charge < -0.3 is 30.9 Å². The Labute approximate surface area is 111 Å². The van der Waals surface area contributed by atoms with E-state index in [2.05, 4.69) is 10.6 Å². The second-order valence-corrected chi connectivity index (χ2v) is 4.07. The standard InChI is InChI=1S/C11H17BN2O5/c1-7(16)14-8-2-3-11(10(4-8)12(18)19)13-5-9(17)6-15/h2-4,9,13,15,17-19H,5-6H2,1H3,(H,14,16). The Hall–Kier alpha value is -1.61. The summed E-state index contributed by atoms with van der Waals surface area (Å²) in [4.78, 5) is 10.9. The molecule has 0 aliphatic rings. The van der Waals surface area contributed by atoms with Crippen LogP contribution in [-0.2, 0) is 4.79 Å². The molecule has 8 heteroatoms. The molecule has 6 N–H and O–H groups in total. The molecule has 19 heavy (non-hydrogen) atoms. The number of hydrogen-bond donors (Lipinski definition) is 6. The number of carbonyl (C=O) groups excluding carboxylic acids is 1. The average Bonchev–Trinajstić information content (AvgIpc) is 2.35. The van der Waals surface area contributed by atoms with Gasteiger partial charge in [-0.3, -0.25) is 4.79 Å². The summed E-state index contributed by atoms with van der Waals surface area (Å²) in [6, 6.07) is 4.55. The molecule has 1 rings (SSSR count). The first-order chi connectivity index (χ1) is 8.93. The molecule has 0 radical (unpaired) electrons. The molecule has 0 fully saturated rings. The van der Waals surface area contributed by atoms with E-state index < -0.39 is 19.8 Å². The highest BCUT2D eigenvalue weighted by Crippen LogP contribution is 2.12. The largest absolute Gasteiger partial charge is 0.490 e. The summed E-state index contributed by atoms with van der Waals surface area (Å²) in [6.45, 7) is 1.02. The van der Waals surface area contributed by atoms with Crippen LogP contribution in [0.5, 0.6) is 0 Å². The van der Waals surface area contributed by atoms with E-state index in [9.17, 15) is 19.9 Å². The number of carbonyl (C=O) groups is 1. The smallest absolute Gasteiger partial charge is 0.423 e. The number of hydrogen-bond acceptors (Lipinski definition) is 6. The van der Waals surface area contributed by atoms with Gasteiger partial charge in [-0.05, 0) is 18.2 Å². The molecule has 1 amide bonds. The summed E-state index contributed by atoms with van der Waals surface area (Å²) < 4.78 is 0. The number of anilines is 2. The van der Waals surface area contributed by atoms with Crippen molar-refractivity contribution in [3.8, 4) is 0 Å². The Bertz CT molecular complexity index is 441. The fourth-order valence-corrected chi connectivity index (χ4v) is 1.51. The Morgan fingerprint density at radius 3 is 2.63 bits per heavy atom. The maximum Gasteiger partial charge on any atom is 0.490 e. The van der Waals surface area contributed by atoms with Crippen LogP contribution in [0.1, 0.15) is 6.92 Å². The van der Waals surface area contributed by atoms with Gasteiger partial charge in [0.1, 0.15) is 0 Å². The third-order valence-electron chi connectivity index (χ3n) is 2.39. The fourth-order valence-electron chi connectivity index (χ4n) is 1.51. The first kappa shape index (κ1) is 15.5. The van der Waals surface area contributed by atoms with Crippen LogP contribution >= 0.6 is 0 Å². The van der Waals surface area contributed by atoms with Gasteiger partial charge in [-0.25, -0.2) is 0 Å². The van der Waals surface area contributed by atoms with Crippen molar-refractivity contribution in [2.75, 3.05) is 23.8 Å². The van der Waals surface area contributed by atoms with Crippen LogP contribution in [0.2, 0.25) is 0 Å². The maximum absolute atomic E-state index is 10.9.